The minimum atomic E-state index is 0.0160. The van der Waals surface area contributed by atoms with E-state index in [-0.39, 0.29) is 29.8 Å². The van der Waals surface area contributed by atoms with Gasteiger partial charge in [-0.3, -0.25) is 9.69 Å². The molecule has 0 aromatic heterocycles. The highest BCUT2D eigenvalue weighted by molar-refractivity contribution is 5.80. The molecule has 3 heterocycles. The first-order chi connectivity index (χ1) is 18.7. The maximum atomic E-state index is 13.7. The Hall–Kier alpha value is -3.15. The number of nitrogens with one attached hydrogen (secondary N) is 1. The van der Waals surface area contributed by atoms with Gasteiger partial charge in [-0.25, -0.2) is 0 Å². The second-order valence-electron chi connectivity index (χ2n) is 10.6. The van der Waals surface area contributed by atoms with E-state index in [0.717, 1.165) is 43.9 Å². The van der Waals surface area contributed by atoms with Crippen molar-refractivity contribution in [1.29, 1.82) is 0 Å². The molecule has 200 valence electrons. The van der Waals surface area contributed by atoms with E-state index in [1.54, 1.807) is 7.11 Å². The molecule has 3 aromatic rings. The summed E-state index contributed by atoms with van der Waals surface area (Å²) in [5, 5.41) is 3.98. The summed E-state index contributed by atoms with van der Waals surface area (Å²) in [6.07, 6.45) is 1.04. The fourth-order valence-electron chi connectivity index (χ4n) is 6.88. The number of hydrogen-bond donors (Lipinski definition) is 1. The Kier molecular flexibility index (Phi) is 8.45. The largest absolute Gasteiger partial charge is 0.496 e. The van der Waals surface area contributed by atoms with E-state index in [1.165, 1.54) is 11.1 Å². The lowest BCUT2D eigenvalue weighted by molar-refractivity contribution is -0.145. The zero-order valence-electron chi connectivity index (χ0n) is 22.9. The van der Waals surface area contributed by atoms with Crippen LogP contribution in [0.3, 0.4) is 0 Å². The summed E-state index contributed by atoms with van der Waals surface area (Å²) < 4.78 is 5.67. The quantitative estimate of drug-likeness (QED) is 0.408. The van der Waals surface area contributed by atoms with E-state index in [0.29, 0.717) is 12.5 Å². The van der Waals surface area contributed by atoms with Gasteiger partial charge in [0.25, 0.3) is 0 Å². The molecule has 3 aliphatic heterocycles. The summed E-state index contributed by atoms with van der Waals surface area (Å²) in [5.41, 5.74) is 3.80. The Bertz CT molecular complexity index is 1140. The number of amides is 1. The van der Waals surface area contributed by atoms with Crippen LogP contribution in [0.1, 0.15) is 42.9 Å². The number of para-hydroxylation sites is 1. The van der Waals surface area contributed by atoms with E-state index >= 15 is 0 Å². The lowest BCUT2D eigenvalue weighted by atomic mass is 9.66. The molecule has 3 aromatic carbocycles. The number of methoxy groups -OCH3 is 1. The first-order valence-corrected chi connectivity index (χ1v) is 14.1. The number of benzene rings is 3. The highest BCUT2D eigenvalue weighted by Gasteiger charge is 2.52. The first-order valence-electron chi connectivity index (χ1n) is 14.1. The molecule has 3 fully saturated rings. The van der Waals surface area contributed by atoms with Crippen molar-refractivity contribution in [2.75, 3.05) is 33.3 Å². The molecule has 5 heteroatoms. The van der Waals surface area contributed by atoms with Gasteiger partial charge >= 0.3 is 0 Å². The van der Waals surface area contributed by atoms with Gasteiger partial charge in [0.15, 0.2) is 0 Å². The van der Waals surface area contributed by atoms with E-state index in [1.807, 2.05) is 17.0 Å². The second kappa shape index (κ2) is 12.1. The van der Waals surface area contributed by atoms with Gasteiger partial charge in [-0.05, 0) is 49.9 Å². The zero-order valence-corrected chi connectivity index (χ0v) is 22.9. The monoisotopic (exact) mass is 511 g/mol. The third-order valence-corrected chi connectivity index (χ3v) is 8.72. The molecular formula is C33H41N3O2. The standard InChI is InChI=1S/C33H41N3O2/c1-4-35(5-2)33(37)28-23-36-21-20-27(28)31(34-22-26-18-12-13-19-29(26)38-3)32(36)30(24-14-8-6-9-15-24)25-16-10-7-11-17-25/h6-19,27-28,30-32,34H,4-5,20-23H2,1-3H3/t27-,28-,31-,32-/m0/s1. The molecule has 5 atom stereocenters. The number of hydrogen-bond acceptors (Lipinski definition) is 4. The van der Waals surface area contributed by atoms with Gasteiger partial charge in [0.1, 0.15) is 5.75 Å². The van der Waals surface area contributed by atoms with Crippen molar-refractivity contribution < 1.29 is 9.53 Å². The van der Waals surface area contributed by atoms with Crippen LogP contribution in [0.15, 0.2) is 84.9 Å². The normalized spacial score (nSPS) is 24.4. The van der Waals surface area contributed by atoms with Gasteiger partial charge in [0, 0.05) is 49.7 Å². The Morgan fingerprint density at radius 3 is 2.16 bits per heavy atom. The van der Waals surface area contributed by atoms with Crippen LogP contribution in [0.2, 0.25) is 0 Å². The summed E-state index contributed by atoms with van der Waals surface area (Å²) >= 11 is 0. The van der Waals surface area contributed by atoms with Crippen LogP contribution in [0, 0.1) is 11.8 Å². The predicted octanol–water partition coefficient (Wildman–Crippen LogP) is 5.17. The van der Waals surface area contributed by atoms with Crippen molar-refractivity contribution in [2.24, 2.45) is 11.8 Å². The highest BCUT2D eigenvalue weighted by Crippen LogP contribution is 2.45. The number of nitrogens with zero attached hydrogens (tertiary/aromatic N) is 2. The van der Waals surface area contributed by atoms with Crippen LogP contribution < -0.4 is 10.1 Å². The van der Waals surface area contributed by atoms with Crippen molar-refractivity contribution in [1.82, 2.24) is 15.1 Å². The average molecular weight is 512 g/mol. The molecule has 0 spiro atoms. The number of piperidine rings is 3. The average Bonchev–Trinajstić information content (AvgIpc) is 2.98. The third-order valence-electron chi connectivity index (χ3n) is 8.72. The highest BCUT2D eigenvalue weighted by atomic mass is 16.5. The van der Waals surface area contributed by atoms with Crippen LogP contribution in [-0.4, -0.2) is 61.1 Å². The lowest BCUT2D eigenvalue weighted by Gasteiger charge is -2.57. The maximum absolute atomic E-state index is 13.7. The minimum absolute atomic E-state index is 0.0160. The maximum Gasteiger partial charge on any atom is 0.227 e. The number of carbonyl (C=O) groups excluding carboxylic acids is 1. The van der Waals surface area contributed by atoms with Crippen LogP contribution in [-0.2, 0) is 11.3 Å². The van der Waals surface area contributed by atoms with Gasteiger partial charge in [-0.2, -0.15) is 0 Å². The number of ether oxygens (including phenoxy) is 1. The third kappa shape index (κ3) is 5.23. The molecule has 38 heavy (non-hydrogen) atoms. The lowest BCUT2D eigenvalue weighted by Crippen LogP contribution is -2.69. The smallest absolute Gasteiger partial charge is 0.227 e. The fraction of sp³-hybridized carbons (Fsp3) is 0.424. The molecule has 1 N–H and O–H groups in total. The molecular weight excluding hydrogens is 470 g/mol. The van der Waals surface area contributed by atoms with Crippen molar-refractivity contribution in [2.45, 2.75) is 44.8 Å². The molecule has 1 unspecified atom stereocenters. The van der Waals surface area contributed by atoms with E-state index in [2.05, 4.69) is 96.9 Å². The molecule has 6 rings (SSSR count). The Balaban J connectivity index is 1.54. The van der Waals surface area contributed by atoms with Crippen molar-refractivity contribution in [3.63, 3.8) is 0 Å². The molecule has 3 aliphatic rings. The van der Waals surface area contributed by atoms with Crippen molar-refractivity contribution in [3.8, 4) is 5.75 Å². The van der Waals surface area contributed by atoms with Gasteiger partial charge < -0.3 is 15.0 Å². The zero-order chi connectivity index (χ0) is 26.5. The molecule has 0 aliphatic carbocycles. The Morgan fingerprint density at radius 2 is 1.55 bits per heavy atom. The number of carbonyl (C=O) groups is 1. The van der Waals surface area contributed by atoms with Crippen LogP contribution in [0.5, 0.6) is 5.75 Å². The Morgan fingerprint density at radius 1 is 0.947 bits per heavy atom. The number of fused-ring (bicyclic) bond motifs is 3. The molecule has 3 saturated heterocycles. The first kappa shape index (κ1) is 26.5. The molecule has 1 amide bonds. The predicted molar refractivity (Wildman–Crippen MR) is 153 cm³/mol. The summed E-state index contributed by atoms with van der Waals surface area (Å²) in [6, 6.07) is 30.4. The van der Waals surface area contributed by atoms with Gasteiger partial charge in [0.2, 0.25) is 5.91 Å². The van der Waals surface area contributed by atoms with E-state index in [4.69, 9.17) is 4.74 Å². The van der Waals surface area contributed by atoms with Crippen molar-refractivity contribution >= 4 is 5.91 Å². The molecule has 0 radical (unpaired) electrons. The minimum Gasteiger partial charge on any atom is -0.496 e. The van der Waals surface area contributed by atoms with E-state index in [9.17, 15) is 4.79 Å². The number of rotatable bonds is 10. The van der Waals surface area contributed by atoms with Gasteiger partial charge in [-0.15, -0.1) is 0 Å². The SMILES string of the molecule is CCN(CC)C(=O)[C@H]1CN2CC[C@@H]1[C@H](NCc1ccccc1OC)[C@@H]2C(c1ccccc1)c1ccccc1. The topological polar surface area (TPSA) is 44.8 Å². The molecule has 0 saturated carbocycles. The summed E-state index contributed by atoms with van der Waals surface area (Å²) in [6.45, 7) is 8.26. The van der Waals surface area contributed by atoms with Gasteiger partial charge in [-0.1, -0.05) is 78.9 Å². The second-order valence-corrected chi connectivity index (χ2v) is 10.6. The van der Waals surface area contributed by atoms with E-state index < -0.39 is 0 Å². The summed E-state index contributed by atoms with van der Waals surface area (Å²) in [5.74, 6) is 1.71. The van der Waals surface area contributed by atoms with Crippen LogP contribution in [0.25, 0.3) is 0 Å². The van der Waals surface area contributed by atoms with Crippen LogP contribution >= 0.6 is 0 Å². The summed E-state index contributed by atoms with van der Waals surface area (Å²) in [7, 11) is 1.73. The summed E-state index contributed by atoms with van der Waals surface area (Å²) in [4.78, 5) is 18.4. The fourth-order valence-corrected chi connectivity index (χ4v) is 6.88. The van der Waals surface area contributed by atoms with Crippen LogP contribution in [0.4, 0.5) is 0 Å². The molecule has 5 nitrogen and oxygen atoms in total. The van der Waals surface area contributed by atoms with Gasteiger partial charge in [0.05, 0.1) is 13.0 Å². The molecule has 2 bridgehead atoms. The Labute approximate surface area is 227 Å². The van der Waals surface area contributed by atoms with Crippen molar-refractivity contribution in [3.05, 3.63) is 102 Å².